The van der Waals surface area contributed by atoms with E-state index in [1.54, 1.807) is 9.80 Å². The van der Waals surface area contributed by atoms with E-state index in [2.05, 4.69) is 0 Å². The van der Waals surface area contributed by atoms with Crippen molar-refractivity contribution in [3.8, 4) is 0 Å². The second kappa shape index (κ2) is 10.4. The average molecular weight is 432 g/mol. The average Bonchev–Trinajstić information content (AvgIpc) is 2.61. The molecule has 0 N–H and O–H groups in total. The van der Waals surface area contributed by atoms with Gasteiger partial charge in [0.15, 0.2) is 9.67 Å². The molecular weight excluding hydrogens is 406 g/mol. The second-order valence-electron chi connectivity index (χ2n) is 7.07. The Bertz CT molecular complexity index is 406. The third-order valence-corrected chi connectivity index (χ3v) is 6.20. The topological polar surface area (TPSA) is 40.6 Å². The number of carbonyl (C=O) groups excluding carboxylic acids is 2. The van der Waals surface area contributed by atoms with E-state index in [-0.39, 0.29) is 11.8 Å². The highest BCUT2D eigenvalue weighted by molar-refractivity contribution is 6.53. The number of alkyl halides is 4. The Morgan fingerprint density at radius 3 is 1.32 bits per heavy atom. The Balaban J connectivity index is 1.59. The summed E-state index contributed by atoms with van der Waals surface area (Å²) < 4.78 is 0. The summed E-state index contributed by atoms with van der Waals surface area (Å²) in [5, 5.41) is 0. The van der Waals surface area contributed by atoms with Gasteiger partial charge in [0.2, 0.25) is 0 Å². The molecule has 0 saturated carbocycles. The van der Waals surface area contributed by atoms with Crippen LogP contribution in [0.4, 0.5) is 0 Å². The van der Waals surface area contributed by atoms with Crippen LogP contribution >= 0.6 is 46.4 Å². The predicted molar refractivity (Wildman–Crippen MR) is 103 cm³/mol. The van der Waals surface area contributed by atoms with Crippen molar-refractivity contribution >= 4 is 58.2 Å². The molecular formula is C17H26Cl4N2O2. The quantitative estimate of drug-likeness (QED) is 0.590. The Hall–Kier alpha value is 0.1000. The van der Waals surface area contributed by atoms with Crippen molar-refractivity contribution < 1.29 is 9.59 Å². The van der Waals surface area contributed by atoms with Crippen LogP contribution in [0.3, 0.4) is 0 Å². The molecule has 0 atom stereocenters. The van der Waals surface area contributed by atoms with E-state index in [9.17, 15) is 9.59 Å². The second-order valence-corrected chi connectivity index (χ2v) is 9.26. The van der Waals surface area contributed by atoms with Gasteiger partial charge in [-0.25, -0.2) is 0 Å². The van der Waals surface area contributed by atoms with Gasteiger partial charge in [-0.3, -0.25) is 9.59 Å². The number of amides is 2. The summed E-state index contributed by atoms with van der Waals surface area (Å²) in [5.41, 5.74) is 0. The first-order chi connectivity index (χ1) is 11.9. The minimum absolute atomic E-state index is 0.167. The van der Waals surface area contributed by atoms with Gasteiger partial charge in [-0.05, 0) is 37.5 Å². The van der Waals surface area contributed by atoms with Crippen LogP contribution in [-0.4, -0.2) is 57.5 Å². The molecule has 2 saturated heterocycles. The largest absolute Gasteiger partial charge is 0.340 e. The van der Waals surface area contributed by atoms with Crippen molar-refractivity contribution in [2.24, 2.45) is 11.8 Å². The number of rotatable bonds is 6. The van der Waals surface area contributed by atoms with Crippen molar-refractivity contribution in [1.82, 2.24) is 9.80 Å². The first-order valence-electron chi connectivity index (χ1n) is 9.02. The van der Waals surface area contributed by atoms with E-state index in [0.717, 1.165) is 51.9 Å². The molecule has 0 unspecified atom stereocenters. The zero-order valence-corrected chi connectivity index (χ0v) is 17.3. The third kappa shape index (κ3) is 6.64. The van der Waals surface area contributed by atoms with Crippen molar-refractivity contribution in [3.05, 3.63) is 0 Å². The lowest BCUT2D eigenvalue weighted by Gasteiger charge is -2.34. The van der Waals surface area contributed by atoms with Gasteiger partial charge in [-0.2, -0.15) is 0 Å². The van der Waals surface area contributed by atoms with Gasteiger partial charge in [-0.1, -0.05) is 65.7 Å². The SMILES string of the molecule is O=C(C(Cl)Cl)N1CCC(CCCC2CCN(C(=O)C(Cl)Cl)CC2)CC1. The van der Waals surface area contributed by atoms with E-state index in [1.165, 1.54) is 19.3 Å². The lowest BCUT2D eigenvalue weighted by atomic mass is 9.87. The molecule has 0 aromatic heterocycles. The molecule has 0 aromatic carbocycles. The van der Waals surface area contributed by atoms with Gasteiger partial charge in [0.05, 0.1) is 0 Å². The van der Waals surface area contributed by atoms with Gasteiger partial charge in [0, 0.05) is 26.2 Å². The van der Waals surface area contributed by atoms with E-state index < -0.39 is 9.67 Å². The standard InChI is InChI=1S/C17H26Cl4N2O2/c18-14(19)16(24)22-8-4-12(5-9-22)2-1-3-13-6-10-23(11-7-13)17(25)15(20)21/h12-15H,1-11H2. The molecule has 0 radical (unpaired) electrons. The summed E-state index contributed by atoms with van der Waals surface area (Å²) in [6, 6.07) is 0. The molecule has 2 fully saturated rings. The highest BCUT2D eigenvalue weighted by Gasteiger charge is 2.27. The molecule has 8 heteroatoms. The number of nitrogens with zero attached hydrogens (tertiary/aromatic N) is 2. The summed E-state index contributed by atoms with van der Waals surface area (Å²) in [7, 11) is 0. The summed E-state index contributed by atoms with van der Waals surface area (Å²) >= 11 is 22.6. The number of carbonyl (C=O) groups is 2. The zero-order valence-electron chi connectivity index (χ0n) is 14.3. The van der Waals surface area contributed by atoms with Crippen molar-refractivity contribution in [2.45, 2.75) is 54.6 Å². The van der Waals surface area contributed by atoms with Gasteiger partial charge < -0.3 is 9.80 Å². The lowest BCUT2D eigenvalue weighted by molar-refractivity contribution is -0.131. The summed E-state index contributed by atoms with van der Waals surface area (Å²) in [4.78, 5) is 25.2. The number of piperidine rings is 2. The summed E-state index contributed by atoms with van der Waals surface area (Å²) in [6.45, 7) is 3.05. The summed E-state index contributed by atoms with van der Waals surface area (Å²) in [5.74, 6) is 1.03. The normalized spacial score (nSPS) is 20.6. The van der Waals surface area contributed by atoms with Gasteiger partial charge in [0.1, 0.15) is 0 Å². The Labute approximate surface area is 170 Å². The fourth-order valence-corrected chi connectivity index (χ4v) is 4.41. The van der Waals surface area contributed by atoms with Crippen molar-refractivity contribution in [2.75, 3.05) is 26.2 Å². The molecule has 2 amide bonds. The van der Waals surface area contributed by atoms with E-state index in [4.69, 9.17) is 46.4 Å². The maximum Gasteiger partial charge on any atom is 0.255 e. The molecule has 0 bridgehead atoms. The van der Waals surface area contributed by atoms with Crippen LogP contribution in [-0.2, 0) is 9.59 Å². The number of halogens is 4. The molecule has 0 spiro atoms. The van der Waals surface area contributed by atoms with Crippen LogP contribution in [0.5, 0.6) is 0 Å². The van der Waals surface area contributed by atoms with Crippen molar-refractivity contribution in [3.63, 3.8) is 0 Å². The van der Waals surface area contributed by atoms with Crippen LogP contribution in [0.15, 0.2) is 0 Å². The summed E-state index contributed by atoms with van der Waals surface area (Å²) in [6.07, 6.45) is 7.75. The maximum atomic E-state index is 11.8. The molecule has 2 rings (SSSR count). The van der Waals surface area contributed by atoms with Crippen LogP contribution < -0.4 is 0 Å². The van der Waals surface area contributed by atoms with Crippen LogP contribution in [0.25, 0.3) is 0 Å². The van der Waals surface area contributed by atoms with Crippen LogP contribution in [0, 0.1) is 11.8 Å². The van der Waals surface area contributed by atoms with E-state index in [1.807, 2.05) is 0 Å². The Morgan fingerprint density at radius 2 is 1.04 bits per heavy atom. The zero-order chi connectivity index (χ0) is 18.4. The van der Waals surface area contributed by atoms with Gasteiger partial charge >= 0.3 is 0 Å². The molecule has 0 aliphatic carbocycles. The minimum atomic E-state index is -0.942. The molecule has 2 heterocycles. The monoisotopic (exact) mass is 430 g/mol. The Morgan fingerprint density at radius 1 is 0.720 bits per heavy atom. The van der Waals surface area contributed by atoms with Crippen molar-refractivity contribution in [1.29, 1.82) is 0 Å². The molecule has 0 aromatic rings. The Kier molecular flexibility index (Phi) is 8.94. The lowest BCUT2D eigenvalue weighted by Crippen LogP contribution is -2.41. The molecule has 2 aliphatic rings. The minimum Gasteiger partial charge on any atom is -0.340 e. The molecule has 25 heavy (non-hydrogen) atoms. The molecule has 144 valence electrons. The highest BCUT2D eigenvalue weighted by atomic mass is 35.5. The maximum absolute atomic E-state index is 11.8. The third-order valence-electron chi connectivity index (χ3n) is 5.45. The van der Waals surface area contributed by atoms with Crippen LogP contribution in [0.2, 0.25) is 0 Å². The van der Waals surface area contributed by atoms with E-state index in [0.29, 0.717) is 11.8 Å². The molecule has 2 aliphatic heterocycles. The van der Waals surface area contributed by atoms with Crippen LogP contribution in [0.1, 0.15) is 44.9 Å². The first-order valence-corrected chi connectivity index (χ1v) is 10.8. The first kappa shape index (κ1) is 21.4. The number of hydrogen-bond acceptors (Lipinski definition) is 2. The molecule has 4 nitrogen and oxygen atoms in total. The fourth-order valence-electron chi connectivity index (χ4n) is 3.86. The van der Waals surface area contributed by atoms with Gasteiger partial charge in [0.25, 0.3) is 11.8 Å². The number of likely N-dealkylation sites (tertiary alicyclic amines) is 2. The fraction of sp³-hybridized carbons (Fsp3) is 0.882. The predicted octanol–water partition coefficient (Wildman–Crippen LogP) is 4.24. The van der Waals surface area contributed by atoms with Gasteiger partial charge in [-0.15, -0.1) is 0 Å². The van der Waals surface area contributed by atoms with E-state index >= 15 is 0 Å². The number of hydrogen-bond donors (Lipinski definition) is 0. The smallest absolute Gasteiger partial charge is 0.255 e. The highest BCUT2D eigenvalue weighted by Crippen LogP contribution is 2.28.